The molecule has 0 saturated heterocycles. The number of hydrogen-bond donors (Lipinski definition) is 0. The molecule has 0 aliphatic carbocycles. The van der Waals surface area contributed by atoms with E-state index in [1.807, 2.05) is 58.9 Å². The molecule has 21 heavy (non-hydrogen) atoms. The molecule has 1 rings (SSSR count). The predicted octanol–water partition coefficient (Wildman–Crippen LogP) is 7.14. The minimum absolute atomic E-state index is 0.723. The van der Waals surface area contributed by atoms with Gasteiger partial charge in [-0.25, -0.2) is 0 Å². The van der Waals surface area contributed by atoms with Crippen molar-refractivity contribution in [3.8, 4) is 6.07 Å². The number of hydrogen-bond acceptors (Lipinski definition) is 1. The van der Waals surface area contributed by atoms with Gasteiger partial charge in [0.15, 0.2) is 0 Å². The summed E-state index contributed by atoms with van der Waals surface area (Å²) in [6.45, 7) is 16.8. The van der Waals surface area contributed by atoms with Crippen LogP contribution in [0.3, 0.4) is 0 Å². The number of rotatable bonds is 4. The first kappa shape index (κ1) is 24.7. The van der Waals surface area contributed by atoms with Crippen molar-refractivity contribution in [2.45, 2.75) is 81.1 Å². The Hall–Kier alpha value is -1.29. The maximum Gasteiger partial charge on any atom is 0.0991 e. The summed E-state index contributed by atoms with van der Waals surface area (Å²) in [5.41, 5.74) is 1.91. The van der Waals surface area contributed by atoms with Crippen LogP contribution in [-0.4, -0.2) is 0 Å². The van der Waals surface area contributed by atoms with Gasteiger partial charge in [0.2, 0.25) is 0 Å². The second kappa shape index (κ2) is 21.0. The quantitative estimate of drug-likeness (QED) is 0.578. The Labute approximate surface area is 134 Å². The van der Waals surface area contributed by atoms with Gasteiger partial charge >= 0.3 is 0 Å². The van der Waals surface area contributed by atoms with Crippen molar-refractivity contribution in [3.05, 3.63) is 35.4 Å². The van der Waals surface area contributed by atoms with Crippen molar-refractivity contribution < 1.29 is 0 Å². The van der Waals surface area contributed by atoms with E-state index < -0.39 is 0 Å². The van der Waals surface area contributed by atoms with E-state index in [1.165, 1.54) is 31.2 Å². The largest absolute Gasteiger partial charge is 0.192 e. The Morgan fingerprint density at radius 1 is 1.00 bits per heavy atom. The van der Waals surface area contributed by atoms with Gasteiger partial charge in [-0.1, -0.05) is 91.8 Å². The highest BCUT2D eigenvalue weighted by molar-refractivity contribution is 5.30. The average Bonchev–Trinajstić information content (AvgIpc) is 2.57. The van der Waals surface area contributed by atoms with E-state index in [0.29, 0.717) is 0 Å². The van der Waals surface area contributed by atoms with E-state index in [9.17, 15) is 0 Å². The Morgan fingerprint density at radius 3 is 1.81 bits per heavy atom. The SMILES string of the molecule is CC.CC.CCCCC(C)CC.Cc1ccc(C#N)cc1. The molecular formula is C20H37N. The van der Waals surface area contributed by atoms with E-state index in [0.717, 1.165) is 11.5 Å². The molecule has 0 bridgehead atoms. The Bertz CT molecular complexity index is 319. The Kier molecular flexibility index (Phi) is 24.7. The molecule has 0 aliphatic rings. The predicted molar refractivity (Wildman–Crippen MR) is 97.6 cm³/mol. The molecule has 1 aromatic carbocycles. The molecule has 0 N–H and O–H groups in total. The summed E-state index contributed by atoms with van der Waals surface area (Å²) >= 11 is 0. The van der Waals surface area contributed by atoms with E-state index in [-0.39, 0.29) is 0 Å². The van der Waals surface area contributed by atoms with Gasteiger partial charge in [0.05, 0.1) is 11.6 Å². The fraction of sp³-hybridized carbons (Fsp3) is 0.650. The van der Waals surface area contributed by atoms with Crippen LogP contribution in [0.4, 0.5) is 0 Å². The number of unbranched alkanes of at least 4 members (excludes halogenated alkanes) is 1. The molecular weight excluding hydrogens is 254 g/mol. The highest BCUT2D eigenvalue weighted by Crippen LogP contribution is 2.09. The molecule has 0 radical (unpaired) electrons. The molecule has 122 valence electrons. The lowest BCUT2D eigenvalue weighted by Crippen LogP contribution is -1.89. The molecule has 0 fully saturated rings. The van der Waals surface area contributed by atoms with Crippen LogP contribution in [0, 0.1) is 24.2 Å². The highest BCUT2D eigenvalue weighted by Gasteiger charge is 1.94. The zero-order valence-electron chi connectivity index (χ0n) is 15.7. The van der Waals surface area contributed by atoms with E-state index in [2.05, 4.69) is 26.8 Å². The lowest BCUT2D eigenvalue weighted by atomic mass is 10.0. The Morgan fingerprint density at radius 2 is 1.48 bits per heavy atom. The van der Waals surface area contributed by atoms with Crippen molar-refractivity contribution in [2.24, 2.45) is 5.92 Å². The zero-order valence-corrected chi connectivity index (χ0v) is 15.7. The number of nitrogens with zero attached hydrogens (tertiary/aromatic N) is 1. The highest BCUT2D eigenvalue weighted by atomic mass is 14.2. The van der Waals surface area contributed by atoms with Crippen LogP contribution in [0.1, 0.15) is 85.3 Å². The standard InChI is InChI=1S/C8H7N.C8H18.2C2H6/c1-7-2-4-8(6-9)5-3-7;1-4-6-7-8(3)5-2;2*1-2/h2-5H,1H3;8H,4-7H2,1-3H3;2*1-2H3. The first-order chi connectivity index (χ1) is 10.1. The van der Waals surface area contributed by atoms with Crippen LogP contribution >= 0.6 is 0 Å². The van der Waals surface area contributed by atoms with Crippen LogP contribution in [0.15, 0.2) is 24.3 Å². The minimum Gasteiger partial charge on any atom is -0.192 e. The van der Waals surface area contributed by atoms with Crippen LogP contribution in [0.2, 0.25) is 0 Å². The first-order valence-electron chi connectivity index (χ1n) is 8.60. The smallest absolute Gasteiger partial charge is 0.0991 e. The number of aryl methyl sites for hydroxylation is 1. The zero-order chi connectivity index (χ0) is 17.1. The molecule has 1 heteroatoms. The molecule has 0 spiro atoms. The second-order valence-corrected chi connectivity index (χ2v) is 4.63. The van der Waals surface area contributed by atoms with Gasteiger partial charge in [-0.15, -0.1) is 0 Å². The summed E-state index contributed by atoms with van der Waals surface area (Å²) in [5, 5.41) is 8.38. The van der Waals surface area contributed by atoms with Crippen molar-refractivity contribution in [2.75, 3.05) is 0 Å². The topological polar surface area (TPSA) is 23.8 Å². The summed E-state index contributed by atoms with van der Waals surface area (Å²) in [6.07, 6.45) is 5.53. The maximum atomic E-state index is 8.38. The van der Waals surface area contributed by atoms with E-state index >= 15 is 0 Å². The summed E-state index contributed by atoms with van der Waals surface area (Å²) in [5.74, 6) is 0.954. The van der Waals surface area contributed by atoms with Gasteiger partial charge in [-0.05, 0) is 25.0 Å². The first-order valence-corrected chi connectivity index (χ1v) is 8.60. The minimum atomic E-state index is 0.723. The second-order valence-electron chi connectivity index (χ2n) is 4.63. The summed E-state index contributed by atoms with van der Waals surface area (Å²) in [4.78, 5) is 0. The molecule has 0 aliphatic heterocycles. The third kappa shape index (κ3) is 18.7. The van der Waals surface area contributed by atoms with Crippen molar-refractivity contribution in [3.63, 3.8) is 0 Å². The normalized spacial score (nSPS) is 9.48. The maximum absolute atomic E-state index is 8.38. The third-order valence-electron chi connectivity index (χ3n) is 2.93. The van der Waals surface area contributed by atoms with Gasteiger partial charge in [-0.3, -0.25) is 0 Å². The third-order valence-corrected chi connectivity index (χ3v) is 2.93. The monoisotopic (exact) mass is 291 g/mol. The molecule has 1 aromatic rings. The van der Waals surface area contributed by atoms with Crippen LogP contribution < -0.4 is 0 Å². The van der Waals surface area contributed by atoms with E-state index in [1.54, 1.807) is 0 Å². The lowest BCUT2D eigenvalue weighted by Gasteiger charge is -2.04. The van der Waals surface area contributed by atoms with E-state index in [4.69, 9.17) is 5.26 Å². The summed E-state index contributed by atoms with van der Waals surface area (Å²) < 4.78 is 0. The fourth-order valence-electron chi connectivity index (χ4n) is 1.38. The molecule has 0 heterocycles. The van der Waals surface area contributed by atoms with Crippen molar-refractivity contribution in [1.82, 2.24) is 0 Å². The number of benzene rings is 1. The molecule has 0 saturated carbocycles. The van der Waals surface area contributed by atoms with Crippen LogP contribution in [-0.2, 0) is 0 Å². The van der Waals surface area contributed by atoms with Crippen molar-refractivity contribution in [1.29, 1.82) is 5.26 Å². The van der Waals surface area contributed by atoms with Gasteiger partial charge in [0.25, 0.3) is 0 Å². The summed E-state index contributed by atoms with van der Waals surface area (Å²) in [7, 11) is 0. The molecule has 1 nitrogen and oxygen atoms in total. The van der Waals surface area contributed by atoms with Gasteiger partial charge < -0.3 is 0 Å². The summed E-state index contributed by atoms with van der Waals surface area (Å²) in [6, 6.07) is 9.54. The lowest BCUT2D eigenvalue weighted by molar-refractivity contribution is 0.492. The Balaban J connectivity index is -0.000000251. The molecule has 1 unspecified atom stereocenters. The molecule has 0 amide bonds. The average molecular weight is 292 g/mol. The molecule has 0 aromatic heterocycles. The van der Waals surface area contributed by atoms with Gasteiger partial charge in [0.1, 0.15) is 0 Å². The van der Waals surface area contributed by atoms with Gasteiger partial charge in [0, 0.05) is 0 Å². The van der Waals surface area contributed by atoms with Crippen LogP contribution in [0.25, 0.3) is 0 Å². The van der Waals surface area contributed by atoms with Crippen molar-refractivity contribution >= 4 is 0 Å². The van der Waals surface area contributed by atoms with Gasteiger partial charge in [-0.2, -0.15) is 5.26 Å². The molecule has 1 atom stereocenters. The fourth-order valence-corrected chi connectivity index (χ4v) is 1.38. The number of nitriles is 1. The van der Waals surface area contributed by atoms with Crippen LogP contribution in [0.5, 0.6) is 0 Å².